The van der Waals surface area contributed by atoms with Crippen LogP contribution in [0.25, 0.3) is 0 Å². The van der Waals surface area contributed by atoms with Gasteiger partial charge in [0.25, 0.3) is 0 Å². The van der Waals surface area contributed by atoms with Gasteiger partial charge in [0, 0.05) is 5.69 Å². The smallest absolute Gasteiger partial charge is 0.315 e. The van der Waals surface area contributed by atoms with Crippen molar-refractivity contribution in [1.29, 1.82) is 0 Å². The number of ether oxygens (including phenoxy) is 1. The number of thioether (sulfide) groups is 1. The Hall–Kier alpha value is -2.35. The fourth-order valence-corrected chi connectivity index (χ4v) is 2.72. The predicted octanol–water partition coefficient (Wildman–Crippen LogP) is 2.56. The molecular formula is C16H21N5O2S. The molecule has 8 heteroatoms. The lowest BCUT2D eigenvalue weighted by Crippen LogP contribution is -2.09. The summed E-state index contributed by atoms with van der Waals surface area (Å²) in [6, 6.07) is 7.95. The molecule has 3 N–H and O–H groups in total. The molecule has 0 saturated carbocycles. The number of aromatic nitrogens is 3. The van der Waals surface area contributed by atoms with Crippen molar-refractivity contribution in [2.24, 2.45) is 0 Å². The van der Waals surface area contributed by atoms with Crippen molar-refractivity contribution in [3.05, 3.63) is 35.7 Å². The Morgan fingerprint density at radius 1 is 1.25 bits per heavy atom. The second-order valence-corrected chi connectivity index (χ2v) is 5.85. The number of benzene rings is 1. The minimum Gasteiger partial charge on any atom is -0.465 e. The zero-order valence-electron chi connectivity index (χ0n) is 13.8. The summed E-state index contributed by atoms with van der Waals surface area (Å²) in [5.74, 6) is 1.52. The van der Waals surface area contributed by atoms with Crippen molar-refractivity contribution in [3.63, 3.8) is 0 Å². The molecule has 7 nitrogen and oxygen atoms in total. The average Bonchev–Trinajstić information content (AvgIpc) is 2.55. The third kappa shape index (κ3) is 5.38. The van der Waals surface area contributed by atoms with Crippen molar-refractivity contribution >= 4 is 35.3 Å². The molecule has 128 valence electrons. The molecule has 1 aromatic carbocycles. The number of aryl methyl sites for hydroxylation is 1. The van der Waals surface area contributed by atoms with Gasteiger partial charge in [0.1, 0.15) is 5.82 Å². The van der Waals surface area contributed by atoms with Crippen LogP contribution in [0.5, 0.6) is 0 Å². The highest BCUT2D eigenvalue weighted by molar-refractivity contribution is 7.99. The molecule has 0 radical (unpaired) electrons. The van der Waals surface area contributed by atoms with Crippen molar-refractivity contribution in [3.8, 4) is 0 Å². The summed E-state index contributed by atoms with van der Waals surface area (Å²) in [6.07, 6.45) is 0.895. The monoisotopic (exact) mass is 347 g/mol. The molecule has 0 saturated heterocycles. The maximum Gasteiger partial charge on any atom is 0.315 e. The number of hydrogen-bond acceptors (Lipinski definition) is 8. The lowest BCUT2D eigenvalue weighted by molar-refractivity contribution is -0.139. The average molecular weight is 347 g/mol. The number of nitrogens with zero attached hydrogens (tertiary/aromatic N) is 3. The predicted molar refractivity (Wildman–Crippen MR) is 96.1 cm³/mol. The summed E-state index contributed by atoms with van der Waals surface area (Å²) >= 11 is 1.38. The first-order chi connectivity index (χ1) is 11.6. The Morgan fingerprint density at radius 2 is 2.04 bits per heavy atom. The van der Waals surface area contributed by atoms with E-state index in [2.05, 4.69) is 27.2 Å². The van der Waals surface area contributed by atoms with Gasteiger partial charge in [-0.15, -0.1) is 11.8 Å². The molecule has 0 aliphatic carbocycles. The van der Waals surface area contributed by atoms with Crippen LogP contribution < -0.4 is 11.1 Å². The Kier molecular flexibility index (Phi) is 6.80. The number of hydrogen-bond donors (Lipinski definition) is 2. The molecule has 0 aliphatic rings. The molecule has 0 bridgehead atoms. The van der Waals surface area contributed by atoms with Gasteiger partial charge in [-0.25, -0.2) is 0 Å². The van der Waals surface area contributed by atoms with Crippen molar-refractivity contribution < 1.29 is 9.53 Å². The van der Waals surface area contributed by atoms with Gasteiger partial charge in [-0.2, -0.15) is 15.0 Å². The van der Waals surface area contributed by atoms with Crippen LogP contribution in [0, 0.1) is 0 Å². The van der Waals surface area contributed by atoms with Crippen LogP contribution in [-0.4, -0.2) is 33.3 Å². The van der Waals surface area contributed by atoms with Crippen LogP contribution in [0.3, 0.4) is 0 Å². The number of esters is 1. The molecule has 0 amide bonds. The van der Waals surface area contributed by atoms with Crippen molar-refractivity contribution in [2.45, 2.75) is 26.0 Å². The molecule has 0 unspecified atom stereocenters. The fourth-order valence-electron chi connectivity index (χ4n) is 2.06. The van der Waals surface area contributed by atoms with Crippen LogP contribution in [0.2, 0.25) is 0 Å². The third-order valence-electron chi connectivity index (χ3n) is 3.10. The highest BCUT2D eigenvalue weighted by Gasteiger charge is 2.08. The van der Waals surface area contributed by atoms with E-state index in [1.807, 2.05) is 24.3 Å². The molecule has 0 fully saturated rings. The van der Waals surface area contributed by atoms with Gasteiger partial charge in [0.15, 0.2) is 0 Å². The Balaban J connectivity index is 2.04. The SMILES string of the molecule is CCOC(=O)CSCc1nc(N)nc(Nc2ccccc2CC)n1. The van der Waals surface area contributed by atoms with Crippen LogP contribution in [-0.2, 0) is 21.7 Å². The lowest BCUT2D eigenvalue weighted by Gasteiger charge is -2.10. The fraction of sp³-hybridized carbons (Fsp3) is 0.375. The summed E-state index contributed by atoms with van der Waals surface area (Å²) in [5, 5.41) is 3.18. The molecule has 0 aliphatic heterocycles. The van der Waals surface area contributed by atoms with E-state index in [1.54, 1.807) is 6.92 Å². The number of anilines is 3. The number of nitrogens with two attached hydrogens (primary N) is 1. The first-order valence-electron chi connectivity index (χ1n) is 7.71. The molecule has 24 heavy (non-hydrogen) atoms. The van der Waals surface area contributed by atoms with Crippen LogP contribution in [0.4, 0.5) is 17.6 Å². The molecule has 1 heterocycles. The van der Waals surface area contributed by atoms with E-state index >= 15 is 0 Å². The molecule has 1 aromatic heterocycles. The van der Waals surface area contributed by atoms with Crippen molar-refractivity contribution in [1.82, 2.24) is 15.0 Å². The maximum absolute atomic E-state index is 11.3. The molecule has 2 aromatic rings. The van der Waals surface area contributed by atoms with Gasteiger partial charge < -0.3 is 15.8 Å². The molecule has 0 spiro atoms. The summed E-state index contributed by atoms with van der Waals surface area (Å²) in [7, 11) is 0. The van der Waals surface area contributed by atoms with E-state index in [4.69, 9.17) is 10.5 Å². The lowest BCUT2D eigenvalue weighted by atomic mass is 10.1. The Labute approximate surface area is 145 Å². The molecule has 0 atom stereocenters. The quantitative estimate of drug-likeness (QED) is 0.702. The van der Waals surface area contributed by atoms with Gasteiger partial charge in [0.05, 0.1) is 18.1 Å². The standard InChI is InChI=1S/C16H21N5O2S/c1-3-11-7-5-6-8-12(11)18-16-20-13(19-15(17)21-16)9-24-10-14(22)23-4-2/h5-8H,3-4,9-10H2,1-2H3,(H3,17,18,19,20,21). The number of nitrogen functional groups attached to an aromatic ring is 1. The van der Waals surface area contributed by atoms with Crippen LogP contribution in [0.15, 0.2) is 24.3 Å². The normalized spacial score (nSPS) is 10.4. The Bertz CT molecular complexity index is 696. The van der Waals surface area contributed by atoms with Gasteiger partial charge in [-0.1, -0.05) is 25.1 Å². The first-order valence-corrected chi connectivity index (χ1v) is 8.86. The number of para-hydroxylation sites is 1. The van der Waals surface area contributed by atoms with E-state index in [1.165, 1.54) is 11.8 Å². The zero-order chi connectivity index (χ0) is 17.4. The van der Waals surface area contributed by atoms with Crippen LogP contribution in [0.1, 0.15) is 25.2 Å². The number of rotatable bonds is 8. The number of nitrogens with one attached hydrogen (secondary N) is 1. The summed E-state index contributed by atoms with van der Waals surface area (Å²) in [5.41, 5.74) is 7.86. The summed E-state index contributed by atoms with van der Waals surface area (Å²) in [6.45, 7) is 4.24. The number of carbonyl (C=O) groups is 1. The minimum absolute atomic E-state index is 0.146. The van der Waals surface area contributed by atoms with E-state index in [0.717, 1.165) is 17.7 Å². The van der Waals surface area contributed by atoms with Crippen LogP contribution >= 0.6 is 11.8 Å². The van der Waals surface area contributed by atoms with Crippen molar-refractivity contribution in [2.75, 3.05) is 23.4 Å². The number of carbonyl (C=O) groups excluding carboxylic acids is 1. The molecular weight excluding hydrogens is 326 g/mol. The van der Waals surface area contributed by atoms with E-state index in [-0.39, 0.29) is 17.7 Å². The second-order valence-electron chi connectivity index (χ2n) is 4.87. The minimum atomic E-state index is -0.250. The summed E-state index contributed by atoms with van der Waals surface area (Å²) < 4.78 is 4.88. The zero-order valence-corrected chi connectivity index (χ0v) is 14.6. The Morgan fingerprint density at radius 3 is 2.79 bits per heavy atom. The first kappa shape index (κ1) is 18.0. The molecule has 2 rings (SSSR count). The highest BCUT2D eigenvalue weighted by atomic mass is 32.2. The highest BCUT2D eigenvalue weighted by Crippen LogP contribution is 2.20. The third-order valence-corrected chi connectivity index (χ3v) is 4.00. The van der Waals surface area contributed by atoms with E-state index in [9.17, 15) is 4.79 Å². The van der Waals surface area contributed by atoms with E-state index in [0.29, 0.717) is 24.1 Å². The van der Waals surface area contributed by atoms with E-state index < -0.39 is 0 Å². The second kappa shape index (κ2) is 9.07. The van der Waals surface area contributed by atoms with Gasteiger partial charge in [-0.3, -0.25) is 4.79 Å². The van der Waals surface area contributed by atoms with Gasteiger partial charge in [-0.05, 0) is 25.0 Å². The largest absolute Gasteiger partial charge is 0.465 e. The maximum atomic E-state index is 11.3. The summed E-state index contributed by atoms with van der Waals surface area (Å²) in [4.78, 5) is 23.9. The van der Waals surface area contributed by atoms with Gasteiger partial charge in [0.2, 0.25) is 11.9 Å². The topological polar surface area (TPSA) is 103 Å². The van der Waals surface area contributed by atoms with Gasteiger partial charge >= 0.3 is 5.97 Å².